The number of anilines is 1. The minimum Gasteiger partial charge on any atom is -0.348 e. The monoisotopic (exact) mass is 217 g/mol. The van der Waals surface area contributed by atoms with E-state index in [1.54, 1.807) is 6.92 Å². The molecule has 0 bridgehead atoms. The topological polar surface area (TPSA) is 56.7 Å². The van der Waals surface area contributed by atoms with Crippen LogP contribution in [-0.2, 0) is 4.79 Å². The summed E-state index contributed by atoms with van der Waals surface area (Å²) in [5.41, 5.74) is 4.02. The third-order valence-corrected chi connectivity index (χ3v) is 1.92. The number of carbonyl (C=O) groups excluding carboxylic acids is 1. The second-order valence-corrected chi connectivity index (χ2v) is 3.43. The number of rotatable bonds is 2. The molecular formula is C9H11ClFN2O+. The summed E-state index contributed by atoms with van der Waals surface area (Å²) in [7, 11) is 0. The van der Waals surface area contributed by atoms with Crippen molar-refractivity contribution >= 4 is 23.2 Å². The van der Waals surface area contributed by atoms with Crippen molar-refractivity contribution in [1.29, 1.82) is 0 Å². The van der Waals surface area contributed by atoms with Gasteiger partial charge in [0.05, 0.1) is 5.02 Å². The molecule has 1 atom stereocenters. The van der Waals surface area contributed by atoms with E-state index in [9.17, 15) is 9.18 Å². The highest BCUT2D eigenvalue weighted by Gasteiger charge is 2.11. The molecule has 0 spiro atoms. The summed E-state index contributed by atoms with van der Waals surface area (Å²) in [6.07, 6.45) is 0. The molecule has 0 aliphatic rings. The van der Waals surface area contributed by atoms with Crippen molar-refractivity contribution in [3.8, 4) is 0 Å². The van der Waals surface area contributed by atoms with E-state index in [4.69, 9.17) is 11.6 Å². The lowest BCUT2D eigenvalue weighted by Crippen LogP contribution is -2.64. The van der Waals surface area contributed by atoms with Crippen molar-refractivity contribution in [3.05, 3.63) is 29.0 Å². The van der Waals surface area contributed by atoms with Gasteiger partial charge in [-0.25, -0.2) is 4.39 Å². The lowest BCUT2D eigenvalue weighted by Gasteiger charge is -2.06. The van der Waals surface area contributed by atoms with Gasteiger partial charge in [0.25, 0.3) is 5.91 Å². The van der Waals surface area contributed by atoms with E-state index in [2.05, 4.69) is 11.1 Å². The first kappa shape index (κ1) is 10.9. The van der Waals surface area contributed by atoms with Crippen molar-refractivity contribution in [3.63, 3.8) is 0 Å². The van der Waals surface area contributed by atoms with Crippen LogP contribution in [0.5, 0.6) is 0 Å². The Hall–Kier alpha value is -1.13. The first-order chi connectivity index (χ1) is 6.50. The van der Waals surface area contributed by atoms with Crippen molar-refractivity contribution in [2.75, 3.05) is 5.32 Å². The maximum atomic E-state index is 12.7. The summed E-state index contributed by atoms with van der Waals surface area (Å²) in [6.45, 7) is 1.67. The zero-order valence-electron chi connectivity index (χ0n) is 7.68. The zero-order valence-corrected chi connectivity index (χ0v) is 8.44. The molecule has 1 rings (SSSR count). The van der Waals surface area contributed by atoms with Crippen molar-refractivity contribution < 1.29 is 14.9 Å². The van der Waals surface area contributed by atoms with Crippen molar-refractivity contribution in [1.82, 2.24) is 0 Å². The molecule has 1 aromatic rings. The molecule has 3 nitrogen and oxygen atoms in total. The van der Waals surface area contributed by atoms with E-state index in [0.29, 0.717) is 5.69 Å². The first-order valence-electron chi connectivity index (χ1n) is 4.09. The molecule has 76 valence electrons. The Morgan fingerprint density at radius 3 is 2.79 bits per heavy atom. The minimum absolute atomic E-state index is 0.0143. The fraction of sp³-hybridized carbons (Fsp3) is 0.222. The number of amides is 1. The van der Waals surface area contributed by atoms with E-state index in [0.717, 1.165) is 0 Å². The van der Waals surface area contributed by atoms with E-state index in [1.165, 1.54) is 18.2 Å². The number of hydrogen-bond donors (Lipinski definition) is 2. The van der Waals surface area contributed by atoms with Gasteiger partial charge in [0.1, 0.15) is 5.82 Å². The summed E-state index contributed by atoms with van der Waals surface area (Å²) in [5.74, 6) is -0.736. The molecule has 0 fully saturated rings. The molecule has 0 saturated heterocycles. The summed E-state index contributed by atoms with van der Waals surface area (Å²) >= 11 is 5.53. The predicted molar refractivity (Wildman–Crippen MR) is 52.4 cm³/mol. The van der Waals surface area contributed by atoms with Crippen LogP contribution in [-0.4, -0.2) is 11.9 Å². The van der Waals surface area contributed by atoms with Crippen LogP contribution in [0.4, 0.5) is 10.1 Å². The molecule has 0 aliphatic carbocycles. The average Bonchev–Trinajstić information content (AvgIpc) is 2.11. The predicted octanol–water partition coefficient (Wildman–Crippen LogP) is 1.05. The number of halogens is 2. The smallest absolute Gasteiger partial charge is 0.282 e. The second-order valence-electron chi connectivity index (χ2n) is 3.02. The standard InChI is InChI=1S/C9H10ClFN2O/c1-5(12)9(14)13-6-2-3-8(11)7(10)4-6/h2-5H,12H2,1H3,(H,13,14)/p+1/t5-/m0/s1. The highest BCUT2D eigenvalue weighted by Crippen LogP contribution is 2.19. The molecule has 1 aromatic carbocycles. The van der Waals surface area contributed by atoms with E-state index in [-0.39, 0.29) is 17.0 Å². The summed E-state index contributed by atoms with van der Waals surface area (Å²) < 4.78 is 12.7. The van der Waals surface area contributed by atoms with Crippen LogP contribution >= 0.6 is 11.6 Å². The van der Waals surface area contributed by atoms with Crippen molar-refractivity contribution in [2.24, 2.45) is 0 Å². The second kappa shape index (κ2) is 4.39. The lowest BCUT2D eigenvalue weighted by molar-refractivity contribution is -0.396. The van der Waals surface area contributed by atoms with Gasteiger partial charge in [-0.3, -0.25) is 4.79 Å². The normalized spacial score (nSPS) is 12.3. The number of carbonyl (C=O) groups is 1. The van der Waals surface area contributed by atoms with E-state index < -0.39 is 5.82 Å². The van der Waals surface area contributed by atoms with Crippen LogP contribution in [0.2, 0.25) is 5.02 Å². The van der Waals surface area contributed by atoms with Crippen LogP contribution in [0.25, 0.3) is 0 Å². The molecule has 4 N–H and O–H groups in total. The van der Waals surface area contributed by atoms with Gasteiger partial charge in [-0.05, 0) is 25.1 Å². The Kier molecular flexibility index (Phi) is 3.43. The maximum Gasteiger partial charge on any atom is 0.282 e. The van der Waals surface area contributed by atoms with Crippen LogP contribution < -0.4 is 11.1 Å². The van der Waals surface area contributed by atoms with Crippen LogP contribution in [0, 0.1) is 5.82 Å². The quantitative estimate of drug-likeness (QED) is 0.765. The molecule has 0 heterocycles. The van der Waals surface area contributed by atoms with Gasteiger partial charge in [-0.15, -0.1) is 0 Å². The summed E-state index contributed by atoms with van der Waals surface area (Å²) in [5, 5.41) is 2.54. The zero-order chi connectivity index (χ0) is 10.7. The number of benzene rings is 1. The molecule has 0 aromatic heterocycles. The van der Waals surface area contributed by atoms with E-state index >= 15 is 0 Å². The molecule has 0 radical (unpaired) electrons. The van der Waals surface area contributed by atoms with Gasteiger partial charge in [0.2, 0.25) is 0 Å². The van der Waals surface area contributed by atoms with Crippen molar-refractivity contribution in [2.45, 2.75) is 13.0 Å². The third kappa shape index (κ3) is 2.68. The summed E-state index contributed by atoms with van der Waals surface area (Å²) in [6, 6.07) is 3.64. The maximum absolute atomic E-state index is 12.7. The third-order valence-electron chi connectivity index (χ3n) is 1.63. The Morgan fingerprint density at radius 2 is 2.29 bits per heavy atom. The van der Waals surface area contributed by atoms with E-state index in [1.807, 2.05) is 0 Å². The highest BCUT2D eigenvalue weighted by molar-refractivity contribution is 6.31. The minimum atomic E-state index is -0.507. The van der Waals surface area contributed by atoms with Gasteiger partial charge in [-0.2, -0.15) is 0 Å². The Labute approximate surface area is 86.0 Å². The largest absolute Gasteiger partial charge is 0.348 e. The fourth-order valence-electron chi connectivity index (χ4n) is 0.839. The molecule has 1 amide bonds. The average molecular weight is 218 g/mol. The van der Waals surface area contributed by atoms with Crippen LogP contribution in [0.1, 0.15) is 6.92 Å². The molecule has 0 unspecified atom stereocenters. The number of nitrogens with one attached hydrogen (secondary N) is 1. The number of hydrogen-bond acceptors (Lipinski definition) is 1. The van der Waals surface area contributed by atoms with Gasteiger partial charge in [0, 0.05) is 5.69 Å². The molecule has 0 aliphatic heterocycles. The Morgan fingerprint density at radius 1 is 1.64 bits per heavy atom. The lowest BCUT2D eigenvalue weighted by atomic mass is 10.3. The van der Waals surface area contributed by atoms with Crippen LogP contribution in [0.15, 0.2) is 18.2 Å². The highest BCUT2D eigenvalue weighted by atomic mass is 35.5. The van der Waals surface area contributed by atoms with Gasteiger partial charge >= 0.3 is 0 Å². The number of quaternary nitrogens is 1. The van der Waals surface area contributed by atoms with Gasteiger partial charge in [0.15, 0.2) is 6.04 Å². The first-order valence-corrected chi connectivity index (χ1v) is 4.47. The molecule has 14 heavy (non-hydrogen) atoms. The van der Waals surface area contributed by atoms with Gasteiger partial charge in [-0.1, -0.05) is 11.6 Å². The molecule has 5 heteroatoms. The Balaban J connectivity index is 2.78. The Bertz CT molecular complexity index is 355. The molecule has 0 saturated carbocycles. The molecular weight excluding hydrogens is 207 g/mol. The summed E-state index contributed by atoms with van der Waals surface area (Å²) in [4.78, 5) is 11.2. The van der Waals surface area contributed by atoms with Gasteiger partial charge < -0.3 is 11.1 Å². The fourth-order valence-corrected chi connectivity index (χ4v) is 1.02. The SMILES string of the molecule is C[C@H]([NH3+])C(=O)Nc1ccc(F)c(Cl)c1. The van der Waals surface area contributed by atoms with Crippen LogP contribution in [0.3, 0.4) is 0 Å².